The normalized spacial score (nSPS) is 10.5. The molecule has 101 valence electrons. The van der Waals surface area contributed by atoms with Gasteiger partial charge in [-0.05, 0) is 25.0 Å². The fourth-order valence-electron chi connectivity index (χ4n) is 0.935. The first kappa shape index (κ1) is 23.4. The molecule has 3 N–H and O–H groups in total. The molecule has 6 heteroatoms. The van der Waals surface area contributed by atoms with Crippen LogP contribution in [-0.2, 0) is 44.1 Å². The predicted molar refractivity (Wildman–Crippen MR) is 72.7 cm³/mol. The molecule has 0 fully saturated rings. The third-order valence-corrected chi connectivity index (χ3v) is 2.36. The van der Waals surface area contributed by atoms with E-state index in [1.165, 1.54) is 0 Å². The maximum absolute atomic E-state index is 8.72. The number of rotatable bonds is 3. The van der Waals surface area contributed by atoms with E-state index in [4.69, 9.17) is 15.0 Å². The first-order chi connectivity index (χ1) is 8.11. The van der Waals surface area contributed by atoms with E-state index >= 15 is 0 Å². The molecule has 0 aromatic heterocycles. The van der Waals surface area contributed by atoms with Crippen molar-refractivity contribution in [2.45, 2.75) is 26.7 Å². The second kappa shape index (κ2) is 17.3. The minimum atomic E-state index is -0.402. The zero-order valence-electron chi connectivity index (χ0n) is 10.9. The van der Waals surface area contributed by atoms with Gasteiger partial charge in [0.2, 0.25) is 0 Å². The van der Waals surface area contributed by atoms with E-state index in [1.807, 2.05) is 38.0 Å². The Kier molecular flexibility index (Phi) is 22.5. The number of aliphatic hydroxyl groups excluding tert-OH is 2. The van der Waals surface area contributed by atoms with E-state index < -0.39 is 6.23 Å². The van der Waals surface area contributed by atoms with Crippen LogP contribution in [0.2, 0.25) is 0 Å². The molecule has 0 aliphatic carbocycles. The summed E-state index contributed by atoms with van der Waals surface area (Å²) in [5.41, 5.74) is 2.16. The number of aliphatic hydroxyl groups is 2. The summed E-state index contributed by atoms with van der Waals surface area (Å²) in [6.07, 6.45) is -0.402. The van der Waals surface area contributed by atoms with Gasteiger partial charge in [-0.3, -0.25) is 0 Å². The van der Waals surface area contributed by atoms with Gasteiger partial charge >= 0.3 is 0 Å². The number of nitrogens with one attached hydrogen (secondary N) is 1. The monoisotopic (exact) mass is 347 g/mol. The van der Waals surface area contributed by atoms with Crippen molar-refractivity contribution < 1.29 is 47.7 Å². The van der Waals surface area contributed by atoms with Gasteiger partial charge in [-0.15, -0.1) is 0 Å². The van der Waals surface area contributed by atoms with Crippen molar-refractivity contribution in [2.75, 3.05) is 0 Å². The summed E-state index contributed by atoms with van der Waals surface area (Å²) in [6, 6.07) is 7.81. The maximum atomic E-state index is 8.72. The van der Waals surface area contributed by atoms with Gasteiger partial charge in [-0.1, -0.05) is 24.3 Å². The first-order valence-electron chi connectivity index (χ1n) is 5.01. The van der Waals surface area contributed by atoms with Crippen molar-refractivity contribution >= 4 is 15.5 Å². The van der Waals surface area contributed by atoms with E-state index in [9.17, 15) is 0 Å². The van der Waals surface area contributed by atoms with Crippen LogP contribution in [0.15, 0.2) is 24.3 Å². The van der Waals surface area contributed by atoms with Crippen LogP contribution in [0.3, 0.4) is 0 Å². The van der Waals surface area contributed by atoms with Gasteiger partial charge in [0.1, 0.15) is 13.0 Å². The molecule has 0 saturated carbocycles. The average molecular weight is 347 g/mol. The summed E-state index contributed by atoms with van der Waals surface area (Å²) in [7, 11) is 0.388. The molecule has 0 heterocycles. The Balaban J connectivity index is -0.000000222. The Morgan fingerprint density at radius 3 is 2.17 bits per heavy atom. The molecule has 0 amide bonds. The van der Waals surface area contributed by atoms with Crippen molar-refractivity contribution in [1.82, 2.24) is 5.09 Å². The molecule has 0 bridgehead atoms. The number of carbonyl (C=O) groups is 1. The minimum Gasteiger partial charge on any atom is -0.392 e. The van der Waals surface area contributed by atoms with E-state index in [0.717, 1.165) is 11.1 Å². The van der Waals surface area contributed by atoms with Crippen LogP contribution < -0.4 is 5.09 Å². The summed E-state index contributed by atoms with van der Waals surface area (Å²) in [4.78, 5) is 8.00. The average Bonchev–Trinajstić information content (AvgIpc) is 2.33. The summed E-state index contributed by atoms with van der Waals surface area (Å²) in [5.74, 6) is 0. The summed E-state index contributed by atoms with van der Waals surface area (Å²) in [6.45, 7) is 9.28. The van der Waals surface area contributed by atoms with Gasteiger partial charge in [-0.2, -0.15) is 0 Å². The third kappa shape index (κ3) is 14.4. The van der Waals surface area contributed by atoms with Crippen LogP contribution in [0, 0.1) is 13.6 Å². The van der Waals surface area contributed by atoms with Gasteiger partial charge in [0.25, 0.3) is 0 Å². The summed E-state index contributed by atoms with van der Waals surface area (Å²) >= 11 is 0. The molecular formula is C12H21NO3PY-. The van der Waals surface area contributed by atoms with Crippen molar-refractivity contribution in [2.24, 2.45) is 0 Å². The zero-order valence-corrected chi connectivity index (χ0v) is 14.7. The smallest absolute Gasteiger partial charge is 0.106 e. The largest absolute Gasteiger partial charge is 0.392 e. The number of carbonyl (C=O) groups excluding carboxylic acids is 1. The number of hydrogen-bond donors (Lipinski definition) is 3. The van der Waals surface area contributed by atoms with Crippen LogP contribution in [0.5, 0.6) is 0 Å². The molecule has 18 heavy (non-hydrogen) atoms. The van der Waals surface area contributed by atoms with Gasteiger partial charge in [0.15, 0.2) is 0 Å². The van der Waals surface area contributed by atoms with Crippen LogP contribution in [0.25, 0.3) is 0 Å². The Hall–Kier alpha value is 0.304. The van der Waals surface area contributed by atoms with Crippen LogP contribution in [0.1, 0.15) is 18.1 Å². The molecule has 1 aromatic carbocycles. The molecule has 0 saturated heterocycles. The quantitative estimate of drug-likeness (QED) is 0.441. The fourth-order valence-corrected chi connectivity index (χ4v) is 1.23. The van der Waals surface area contributed by atoms with Crippen molar-refractivity contribution in [3.8, 4) is 0 Å². The predicted octanol–water partition coefficient (Wildman–Crippen LogP) is 1.60. The zero-order chi connectivity index (χ0) is 13.7. The van der Waals surface area contributed by atoms with Crippen molar-refractivity contribution in [1.29, 1.82) is 0 Å². The molecule has 4 nitrogen and oxygen atoms in total. The molecule has 1 rings (SSSR count). The summed E-state index contributed by atoms with van der Waals surface area (Å²) in [5, 5.41) is 19.8. The van der Waals surface area contributed by atoms with E-state index in [-0.39, 0.29) is 39.3 Å². The molecular weight excluding hydrogens is 326 g/mol. The molecule has 1 radical (unpaired) electrons. The van der Waals surface area contributed by atoms with Gasteiger partial charge < -0.3 is 26.8 Å². The molecule has 1 aromatic rings. The number of aryl methyl sites for hydroxylation is 1. The molecule has 0 spiro atoms. The third-order valence-electron chi connectivity index (χ3n) is 1.74. The van der Waals surface area contributed by atoms with Gasteiger partial charge in [0.05, 0.1) is 6.61 Å². The van der Waals surface area contributed by atoms with Gasteiger partial charge in [-0.25, -0.2) is 8.73 Å². The van der Waals surface area contributed by atoms with Crippen molar-refractivity contribution in [3.63, 3.8) is 0 Å². The topological polar surface area (TPSA) is 69.6 Å². The Morgan fingerprint density at radius 1 is 1.44 bits per heavy atom. The standard InChI is InChI=1S/C8H10O.C3H9NOP.CH2O.Y/c1-7-4-2-3-5-8(7)6-9;1-3(5)4-6-2;1-2;/h2-5,9H,6H2,1H3;3-6H,2H2,1H3;1H2;/q;-1;;/t;3-;;/m.1../s1. The second-order valence-electron chi connectivity index (χ2n) is 3.08. The Bertz CT molecular complexity index is 288. The van der Waals surface area contributed by atoms with Crippen LogP contribution in [-0.4, -0.2) is 23.2 Å². The summed E-state index contributed by atoms with van der Waals surface area (Å²) < 4.78 is 0. The molecule has 2 atom stereocenters. The van der Waals surface area contributed by atoms with Gasteiger partial charge in [0, 0.05) is 32.7 Å². The van der Waals surface area contributed by atoms with E-state index in [2.05, 4.69) is 11.8 Å². The minimum absolute atomic E-state index is 0. The molecule has 1 unspecified atom stereocenters. The fraction of sp³-hybridized carbons (Fsp3) is 0.333. The number of benzene rings is 1. The Morgan fingerprint density at radius 2 is 1.94 bits per heavy atom. The van der Waals surface area contributed by atoms with Crippen LogP contribution >= 0.6 is 8.73 Å². The SMILES string of the molecule is C=O.Cc1ccccc1CO.[CH2-]PN[C@@H](C)O.[Y]. The first-order valence-corrected chi connectivity index (χ1v) is 6.22. The Labute approximate surface area is 136 Å². The molecule has 0 aliphatic heterocycles. The van der Waals surface area contributed by atoms with E-state index in [0.29, 0.717) is 8.73 Å². The van der Waals surface area contributed by atoms with Crippen LogP contribution in [0.4, 0.5) is 0 Å². The van der Waals surface area contributed by atoms with Crippen molar-refractivity contribution in [3.05, 3.63) is 42.1 Å². The maximum Gasteiger partial charge on any atom is 0.106 e. The second-order valence-corrected chi connectivity index (χ2v) is 3.72. The number of hydrogen-bond acceptors (Lipinski definition) is 4. The molecule has 0 aliphatic rings. The van der Waals surface area contributed by atoms with E-state index in [1.54, 1.807) is 6.92 Å².